The van der Waals surface area contributed by atoms with Gasteiger partial charge in [-0.25, -0.2) is 4.98 Å². The van der Waals surface area contributed by atoms with Crippen LogP contribution in [-0.4, -0.2) is 35.1 Å². The van der Waals surface area contributed by atoms with Crippen LogP contribution in [0, 0.1) is 0 Å². The number of hydrogen-bond acceptors (Lipinski definition) is 6. The number of benzene rings is 1. The van der Waals surface area contributed by atoms with E-state index in [2.05, 4.69) is 32.4 Å². The van der Waals surface area contributed by atoms with Gasteiger partial charge in [0.25, 0.3) is 0 Å². The van der Waals surface area contributed by atoms with Gasteiger partial charge in [0.05, 0.1) is 13.2 Å². The van der Waals surface area contributed by atoms with E-state index in [0.717, 1.165) is 53.0 Å². The highest BCUT2D eigenvalue weighted by Gasteiger charge is 2.19. The summed E-state index contributed by atoms with van der Waals surface area (Å²) in [7, 11) is 0. The van der Waals surface area contributed by atoms with Crippen molar-refractivity contribution in [1.82, 2.24) is 9.97 Å². The summed E-state index contributed by atoms with van der Waals surface area (Å²) < 4.78 is 11.6. The smallest absolute Gasteiger partial charge is 0.221 e. The topological polar surface area (TPSA) is 68.6 Å². The highest BCUT2D eigenvalue weighted by molar-refractivity contribution is 6.10. The molecule has 0 aliphatic carbocycles. The molecule has 2 aliphatic rings. The van der Waals surface area contributed by atoms with Crippen LogP contribution in [0.5, 0.6) is 5.88 Å². The maximum absolute atomic E-state index is 6.10. The summed E-state index contributed by atoms with van der Waals surface area (Å²) in [6.45, 7) is 2.12. The third kappa shape index (κ3) is 3.24. The van der Waals surface area contributed by atoms with Gasteiger partial charge >= 0.3 is 0 Å². The monoisotopic (exact) mass is 360 g/mol. The van der Waals surface area contributed by atoms with Crippen molar-refractivity contribution in [2.45, 2.75) is 25.5 Å². The standard InChI is InChI=1S/C21H20N4O2/c1-3-15-12-24-20(19(15)22-8-1)25-16-5-6-18-14(11-16)7-9-23-21(18)27-17-4-2-10-26-13-17/h1,3,5-9,11,17H,2,4,10,12-13H2,(H,24,25)/t17-/m0/s1. The van der Waals surface area contributed by atoms with Crippen molar-refractivity contribution < 1.29 is 9.47 Å². The van der Waals surface area contributed by atoms with E-state index >= 15 is 0 Å². The largest absolute Gasteiger partial charge is 0.471 e. The first-order valence-electron chi connectivity index (χ1n) is 9.26. The van der Waals surface area contributed by atoms with Crippen molar-refractivity contribution >= 4 is 22.3 Å². The van der Waals surface area contributed by atoms with Crippen LogP contribution in [0.1, 0.15) is 24.1 Å². The van der Waals surface area contributed by atoms with Crippen LogP contribution in [-0.2, 0) is 11.3 Å². The lowest BCUT2D eigenvalue weighted by Gasteiger charge is -2.23. The quantitative estimate of drug-likeness (QED) is 0.773. The zero-order chi connectivity index (χ0) is 18.1. The minimum atomic E-state index is 0.0741. The molecule has 136 valence electrons. The normalized spacial score (nSPS) is 18.8. The summed E-state index contributed by atoms with van der Waals surface area (Å²) >= 11 is 0. The molecule has 1 saturated heterocycles. The van der Waals surface area contributed by atoms with Gasteiger partial charge in [-0.05, 0) is 48.6 Å². The molecular formula is C21H20N4O2. The van der Waals surface area contributed by atoms with E-state index in [1.165, 1.54) is 0 Å². The van der Waals surface area contributed by atoms with E-state index < -0.39 is 0 Å². The van der Waals surface area contributed by atoms with Crippen molar-refractivity contribution in [1.29, 1.82) is 0 Å². The number of amidine groups is 1. The van der Waals surface area contributed by atoms with Gasteiger partial charge in [-0.1, -0.05) is 6.07 Å². The molecule has 2 aromatic heterocycles. The molecule has 6 heteroatoms. The van der Waals surface area contributed by atoms with Crippen LogP contribution in [0.2, 0.25) is 0 Å². The second-order valence-electron chi connectivity index (χ2n) is 6.81. The number of pyridine rings is 2. The van der Waals surface area contributed by atoms with Crippen molar-refractivity contribution in [3.63, 3.8) is 0 Å². The SMILES string of the molecule is c1cnc2c(c1)CN=C2Nc1ccc2c(O[C@H]3CCCOC3)nccc2c1. The molecule has 1 aromatic carbocycles. The first kappa shape index (κ1) is 16.2. The van der Waals surface area contributed by atoms with Crippen molar-refractivity contribution in [3.8, 4) is 5.88 Å². The molecule has 1 atom stereocenters. The molecule has 0 bridgehead atoms. The lowest BCUT2D eigenvalue weighted by Crippen LogP contribution is -2.28. The summed E-state index contributed by atoms with van der Waals surface area (Å²) in [5.41, 5.74) is 3.04. The number of nitrogens with zero attached hydrogens (tertiary/aromatic N) is 3. The van der Waals surface area contributed by atoms with Gasteiger partial charge in [0.1, 0.15) is 11.8 Å². The van der Waals surface area contributed by atoms with Crippen LogP contribution in [0.3, 0.4) is 0 Å². The first-order chi connectivity index (χ1) is 13.4. The number of anilines is 1. The lowest BCUT2D eigenvalue weighted by molar-refractivity contribution is 0.00623. The molecule has 2 aliphatic heterocycles. The van der Waals surface area contributed by atoms with Gasteiger partial charge < -0.3 is 14.8 Å². The summed E-state index contributed by atoms with van der Waals surface area (Å²) in [4.78, 5) is 13.4. The molecule has 0 spiro atoms. The maximum Gasteiger partial charge on any atom is 0.221 e. The van der Waals surface area contributed by atoms with Gasteiger partial charge in [0, 0.05) is 35.6 Å². The molecule has 0 unspecified atom stereocenters. The number of hydrogen-bond donors (Lipinski definition) is 1. The zero-order valence-electron chi connectivity index (χ0n) is 14.9. The van der Waals surface area contributed by atoms with E-state index in [9.17, 15) is 0 Å². The predicted octanol–water partition coefficient (Wildman–Crippen LogP) is 3.56. The third-order valence-corrected chi connectivity index (χ3v) is 4.91. The van der Waals surface area contributed by atoms with Crippen molar-refractivity contribution in [3.05, 3.63) is 60.0 Å². The van der Waals surface area contributed by atoms with Crippen molar-refractivity contribution in [2.24, 2.45) is 4.99 Å². The molecule has 0 radical (unpaired) electrons. The van der Waals surface area contributed by atoms with Crippen LogP contribution in [0.15, 0.2) is 53.8 Å². The summed E-state index contributed by atoms with van der Waals surface area (Å²) in [5, 5.41) is 5.47. The molecule has 6 nitrogen and oxygen atoms in total. The summed E-state index contributed by atoms with van der Waals surface area (Å²) in [5.74, 6) is 1.48. The number of ether oxygens (including phenoxy) is 2. The Hall–Kier alpha value is -2.99. The van der Waals surface area contributed by atoms with Gasteiger partial charge in [0.2, 0.25) is 5.88 Å². The molecule has 5 rings (SSSR count). The van der Waals surface area contributed by atoms with Gasteiger partial charge in [-0.3, -0.25) is 9.98 Å². The van der Waals surface area contributed by atoms with Crippen molar-refractivity contribution in [2.75, 3.05) is 18.5 Å². The highest BCUT2D eigenvalue weighted by Crippen LogP contribution is 2.28. The number of nitrogens with one attached hydrogen (secondary N) is 1. The lowest BCUT2D eigenvalue weighted by atomic mass is 10.1. The number of fused-ring (bicyclic) bond motifs is 2. The van der Waals surface area contributed by atoms with E-state index in [-0.39, 0.29) is 6.10 Å². The molecule has 0 amide bonds. The van der Waals surface area contributed by atoms with E-state index in [1.54, 1.807) is 12.4 Å². The first-order valence-corrected chi connectivity index (χ1v) is 9.26. The highest BCUT2D eigenvalue weighted by atomic mass is 16.5. The molecule has 0 saturated carbocycles. The predicted molar refractivity (Wildman–Crippen MR) is 104 cm³/mol. The summed E-state index contributed by atoms with van der Waals surface area (Å²) in [6.07, 6.45) is 5.69. The number of rotatable bonds is 3. The van der Waals surface area contributed by atoms with Crippen LogP contribution in [0.4, 0.5) is 5.69 Å². The van der Waals surface area contributed by atoms with Gasteiger partial charge in [-0.2, -0.15) is 0 Å². The second-order valence-corrected chi connectivity index (χ2v) is 6.81. The average Bonchev–Trinajstić information content (AvgIpc) is 3.12. The number of aliphatic imine (C=N–C) groups is 1. The van der Waals surface area contributed by atoms with Gasteiger partial charge in [-0.15, -0.1) is 0 Å². The molecule has 1 fully saturated rings. The molecule has 3 aromatic rings. The fraction of sp³-hybridized carbons (Fsp3) is 0.286. The minimum absolute atomic E-state index is 0.0741. The Bertz CT molecular complexity index is 1010. The molecule has 1 N–H and O–H groups in total. The van der Waals surface area contributed by atoms with E-state index in [0.29, 0.717) is 19.0 Å². The fourth-order valence-electron chi connectivity index (χ4n) is 3.54. The maximum atomic E-state index is 6.10. The molecule has 4 heterocycles. The van der Waals surface area contributed by atoms with Crippen LogP contribution in [0.25, 0.3) is 10.8 Å². The Morgan fingerprint density at radius 1 is 1.11 bits per heavy atom. The van der Waals surface area contributed by atoms with E-state index in [1.807, 2.05) is 24.3 Å². The Balaban J connectivity index is 1.40. The zero-order valence-corrected chi connectivity index (χ0v) is 14.9. The summed E-state index contributed by atoms with van der Waals surface area (Å²) in [6, 6.07) is 12.2. The fourth-order valence-corrected chi connectivity index (χ4v) is 3.54. The number of aromatic nitrogens is 2. The second kappa shape index (κ2) is 6.96. The Morgan fingerprint density at radius 3 is 3.04 bits per heavy atom. The average molecular weight is 360 g/mol. The minimum Gasteiger partial charge on any atom is -0.471 e. The third-order valence-electron chi connectivity index (χ3n) is 4.91. The Morgan fingerprint density at radius 2 is 2.11 bits per heavy atom. The van der Waals surface area contributed by atoms with Gasteiger partial charge in [0.15, 0.2) is 5.84 Å². The van der Waals surface area contributed by atoms with E-state index in [4.69, 9.17) is 9.47 Å². The molecular weight excluding hydrogens is 340 g/mol. The van der Waals surface area contributed by atoms with Crippen LogP contribution < -0.4 is 10.1 Å². The Labute approximate surface area is 157 Å². The Kier molecular flexibility index (Phi) is 4.18. The van der Waals surface area contributed by atoms with Crippen LogP contribution >= 0.6 is 0 Å². The molecule has 27 heavy (non-hydrogen) atoms.